The molecule has 0 saturated carbocycles. The molecule has 0 radical (unpaired) electrons. The third-order valence-corrected chi connectivity index (χ3v) is 2.31. The molecule has 1 atom stereocenters. The molecular formula is C10H12F3NO. The minimum absolute atomic E-state index is 0.0393. The zero-order valence-corrected chi connectivity index (χ0v) is 8.17. The van der Waals surface area contributed by atoms with Crippen molar-refractivity contribution in [1.29, 1.82) is 0 Å². The van der Waals surface area contributed by atoms with E-state index in [1.807, 2.05) is 0 Å². The topological polar surface area (TPSA) is 46.2 Å². The zero-order chi connectivity index (χ0) is 11.7. The van der Waals surface area contributed by atoms with E-state index in [1.165, 1.54) is 18.2 Å². The van der Waals surface area contributed by atoms with E-state index in [0.717, 1.165) is 6.92 Å². The minimum atomic E-state index is -4.71. The molecule has 3 N–H and O–H groups in total. The van der Waals surface area contributed by atoms with Gasteiger partial charge < -0.3 is 10.8 Å². The lowest BCUT2D eigenvalue weighted by Gasteiger charge is -2.28. The molecule has 0 amide bonds. The Bertz CT molecular complexity index is 347. The molecule has 1 aromatic carbocycles. The van der Waals surface area contributed by atoms with E-state index >= 15 is 0 Å². The largest absolute Gasteiger partial charge is 0.421 e. The average Bonchev–Trinajstić information content (AvgIpc) is 2.16. The fraction of sp³-hybridized carbons (Fsp3) is 0.400. The van der Waals surface area contributed by atoms with Crippen molar-refractivity contribution in [3.8, 4) is 0 Å². The lowest BCUT2D eigenvalue weighted by Crippen LogP contribution is -2.40. The van der Waals surface area contributed by atoms with Gasteiger partial charge in [0.15, 0.2) is 5.60 Å². The molecule has 15 heavy (non-hydrogen) atoms. The van der Waals surface area contributed by atoms with Gasteiger partial charge in [0.2, 0.25) is 0 Å². The molecule has 1 unspecified atom stereocenters. The quantitative estimate of drug-likeness (QED) is 0.798. The number of aliphatic hydroxyl groups is 1. The summed E-state index contributed by atoms with van der Waals surface area (Å²) < 4.78 is 37.6. The first-order chi connectivity index (χ1) is 6.80. The molecule has 2 nitrogen and oxygen atoms in total. The number of nitrogens with two attached hydrogens (primary N) is 1. The molecule has 0 aliphatic heterocycles. The third kappa shape index (κ3) is 2.13. The first-order valence-corrected chi connectivity index (χ1v) is 4.38. The van der Waals surface area contributed by atoms with Crippen LogP contribution in [0.4, 0.5) is 13.2 Å². The van der Waals surface area contributed by atoms with Gasteiger partial charge in [0.25, 0.3) is 0 Å². The summed E-state index contributed by atoms with van der Waals surface area (Å²) in [7, 11) is 0. The van der Waals surface area contributed by atoms with Gasteiger partial charge in [0.1, 0.15) is 0 Å². The van der Waals surface area contributed by atoms with Crippen molar-refractivity contribution in [2.45, 2.75) is 25.2 Å². The summed E-state index contributed by atoms with van der Waals surface area (Å²) in [5.74, 6) is 0. The Balaban J connectivity index is 3.26. The maximum absolute atomic E-state index is 12.5. The molecule has 84 valence electrons. The lowest BCUT2D eigenvalue weighted by atomic mass is 9.91. The zero-order valence-electron chi connectivity index (χ0n) is 8.17. The van der Waals surface area contributed by atoms with Crippen LogP contribution in [-0.4, -0.2) is 11.3 Å². The summed E-state index contributed by atoms with van der Waals surface area (Å²) in [6.07, 6.45) is -4.71. The molecule has 0 fully saturated rings. The third-order valence-electron chi connectivity index (χ3n) is 2.31. The highest BCUT2D eigenvalue weighted by Gasteiger charge is 2.51. The molecule has 0 aliphatic carbocycles. The van der Waals surface area contributed by atoms with Crippen LogP contribution in [0.5, 0.6) is 0 Å². The summed E-state index contributed by atoms with van der Waals surface area (Å²) in [6, 6.07) is 5.72. The van der Waals surface area contributed by atoms with Gasteiger partial charge in [-0.1, -0.05) is 24.3 Å². The van der Waals surface area contributed by atoms with Gasteiger partial charge in [-0.3, -0.25) is 0 Å². The van der Waals surface area contributed by atoms with Crippen LogP contribution < -0.4 is 5.73 Å². The molecule has 0 aliphatic rings. The maximum Gasteiger partial charge on any atom is 0.421 e. The molecule has 0 saturated heterocycles. The number of hydrogen-bond donors (Lipinski definition) is 2. The van der Waals surface area contributed by atoms with Gasteiger partial charge in [0, 0.05) is 6.54 Å². The summed E-state index contributed by atoms with van der Waals surface area (Å²) in [5, 5.41) is 9.45. The first-order valence-electron chi connectivity index (χ1n) is 4.38. The van der Waals surface area contributed by atoms with Gasteiger partial charge in [-0.25, -0.2) is 0 Å². The second-order valence-electron chi connectivity index (χ2n) is 3.43. The fourth-order valence-electron chi connectivity index (χ4n) is 1.33. The smallest absolute Gasteiger partial charge is 0.376 e. The van der Waals surface area contributed by atoms with Crippen molar-refractivity contribution in [2.75, 3.05) is 0 Å². The van der Waals surface area contributed by atoms with E-state index in [4.69, 9.17) is 5.73 Å². The Morgan fingerprint density at radius 2 is 1.80 bits per heavy atom. The minimum Gasteiger partial charge on any atom is -0.376 e. The summed E-state index contributed by atoms with van der Waals surface area (Å²) in [5.41, 5.74) is 2.55. The second-order valence-corrected chi connectivity index (χ2v) is 3.43. The predicted octanol–water partition coefficient (Wildman–Crippen LogP) is 1.92. The number of benzene rings is 1. The van der Waals surface area contributed by atoms with Crippen molar-refractivity contribution < 1.29 is 18.3 Å². The predicted molar refractivity (Wildman–Crippen MR) is 50.0 cm³/mol. The number of hydrogen-bond acceptors (Lipinski definition) is 2. The highest BCUT2D eigenvalue weighted by Crippen LogP contribution is 2.39. The van der Waals surface area contributed by atoms with Crippen LogP contribution in [-0.2, 0) is 12.1 Å². The number of rotatable bonds is 2. The maximum atomic E-state index is 12.5. The van der Waals surface area contributed by atoms with Gasteiger partial charge in [0.05, 0.1) is 0 Å². The highest BCUT2D eigenvalue weighted by atomic mass is 19.4. The Labute approximate surface area is 85.5 Å². The lowest BCUT2D eigenvalue weighted by molar-refractivity contribution is -0.259. The Morgan fingerprint density at radius 1 is 1.27 bits per heavy atom. The summed E-state index contributed by atoms with van der Waals surface area (Å²) in [4.78, 5) is 0. The SMILES string of the molecule is CC(O)(c1ccccc1CN)C(F)(F)F. The second kappa shape index (κ2) is 3.83. The normalized spacial score (nSPS) is 16.1. The van der Waals surface area contributed by atoms with Crippen molar-refractivity contribution in [1.82, 2.24) is 0 Å². The van der Waals surface area contributed by atoms with Crippen molar-refractivity contribution in [3.05, 3.63) is 35.4 Å². The average molecular weight is 219 g/mol. The highest BCUT2D eigenvalue weighted by molar-refractivity contribution is 5.32. The van der Waals surface area contributed by atoms with Gasteiger partial charge in [-0.05, 0) is 18.1 Å². The summed E-state index contributed by atoms with van der Waals surface area (Å²) >= 11 is 0. The molecule has 0 spiro atoms. The van der Waals surface area contributed by atoms with E-state index in [-0.39, 0.29) is 12.1 Å². The molecule has 0 heterocycles. The molecule has 1 rings (SSSR count). The molecule has 0 bridgehead atoms. The van der Waals surface area contributed by atoms with Crippen LogP contribution in [0.2, 0.25) is 0 Å². The van der Waals surface area contributed by atoms with E-state index in [1.54, 1.807) is 6.07 Å². The van der Waals surface area contributed by atoms with Crippen LogP contribution in [0.1, 0.15) is 18.1 Å². The van der Waals surface area contributed by atoms with E-state index in [9.17, 15) is 18.3 Å². The van der Waals surface area contributed by atoms with E-state index in [2.05, 4.69) is 0 Å². The number of halogens is 3. The van der Waals surface area contributed by atoms with Gasteiger partial charge in [-0.2, -0.15) is 13.2 Å². The first kappa shape index (κ1) is 12.0. The molecular weight excluding hydrogens is 207 g/mol. The molecule has 1 aromatic rings. The van der Waals surface area contributed by atoms with E-state index in [0.29, 0.717) is 5.56 Å². The van der Waals surface area contributed by atoms with Crippen molar-refractivity contribution in [3.63, 3.8) is 0 Å². The van der Waals surface area contributed by atoms with Gasteiger partial charge >= 0.3 is 6.18 Å². The van der Waals surface area contributed by atoms with Crippen LogP contribution in [0.25, 0.3) is 0 Å². The van der Waals surface area contributed by atoms with Crippen LogP contribution in [0.15, 0.2) is 24.3 Å². The van der Waals surface area contributed by atoms with Crippen LogP contribution in [0, 0.1) is 0 Å². The van der Waals surface area contributed by atoms with Crippen LogP contribution >= 0.6 is 0 Å². The summed E-state index contributed by atoms with van der Waals surface area (Å²) in [6.45, 7) is 0.684. The Kier molecular flexibility index (Phi) is 3.06. The van der Waals surface area contributed by atoms with Crippen LogP contribution in [0.3, 0.4) is 0 Å². The Morgan fingerprint density at radius 3 is 2.27 bits per heavy atom. The van der Waals surface area contributed by atoms with E-state index < -0.39 is 11.8 Å². The monoisotopic (exact) mass is 219 g/mol. The molecule has 5 heteroatoms. The fourth-order valence-corrected chi connectivity index (χ4v) is 1.33. The van der Waals surface area contributed by atoms with Crippen molar-refractivity contribution >= 4 is 0 Å². The standard InChI is InChI=1S/C10H12F3NO/c1-9(15,10(11,12)13)8-5-3-2-4-7(8)6-14/h2-5,15H,6,14H2,1H3. The Hall–Kier alpha value is -1.07. The van der Waals surface area contributed by atoms with Gasteiger partial charge in [-0.15, -0.1) is 0 Å². The number of alkyl halides is 3. The molecule has 0 aromatic heterocycles. The van der Waals surface area contributed by atoms with Crippen molar-refractivity contribution in [2.24, 2.45) is 5.73 Å².